The third-order valence-electron chi connectivity index (χ3n) is 7.56. The third kappa shape index (κ3) is 3.08. The third-order valence-corrected chi connectivity index (χ3v) is 7.56. The Bertz CT molecular complexity index is 956. The van der Waals surface area contributed by atoms with Crippen LogP contribution in [0.5, 0.6) is 5.75 Å². The van der Waals surface area contributed by atoms with Crippen LogP contribution < -0.4 is 10.4 Å². The second kappa shape index (κ2) is 6.77. The van der Waals surface area contributed by atoms with Crippen molar-refractivity contribution in [2.45, 2.75) is 52.6 Å². The number of benzene rings is 1. The highest BCUT2D eigenvalue weighted by Gasteiger charge is 2.56. The molecule has 0 spiro atoms. The normalized spacial score (nSPS) is 32.1. The minimum Gasteiger partial charge on any atom is -0.493 e. The molecule has 2 fully saturated rings. The SMILES string of the molecule is C=C1CC[C@H]2C(C)(C)[C@H](O)CC[C@]2(C)[C@@H]1COc1ccc2ccc(=O)oc2c1. The van der Waals surface area contributed by atoms with E-state index in [1.54, 1.807) is 12.1 Å². The fraction of sp³-hybridized carbons (Fsp3) is 0.542. The van der Waals surface area contributed by atoms with Crippen LogP contribution in [0.2, 0.25) is 0 Å². The van der Waals surface area contributed by atoms with Gasteiger partial charge in [0.15, 0.2) is 0 Å². The van der Waals surface area contributed by atoms with E-state index in [0.717, 1.165) is 31.1 Å². The summed E-state index contributed by atoms with van der Waals surface area (Å²) in [7, 11) is 0. The van der Waals surface area contributed by atoms with Crippen molar-refractivity contribution in [1.29, 1.82) is 0 Å². The summed E-state index contributed by atoms with van der Waals surface area (Å²) in [4.78, 5) is 11.5. The number of fused-ring (bicyclic) bond motifs is 2. The number of aliphatic hydroxyl groups is 1. The quantitative estimate of drug-likeness (QED) is 0.603. The second-order valence-corrected chi connectivity index (χ2v) is 9.45. The Balaban J connectivity index is 1.58. The molecule has 1 heterocycles. The van der Waals surface area contributed by atoms with E-state index in [4.69, 9.17) is 9.15 Å². The highest BCUT2D eigenvalue weighted by atomic mass is 16.5. The largest absolute Gasteiger partial charge is 0.493 e. The van der Waals surface area contributed by atoms with Gasteiger partial charge in [0.2, 0.25) is 0 Å². The Kier molecular flexibility index (Phi) is 4.65. The zero-order valence-corrected chi connectivity index (χ0v) is 17.0. The van der Waals surface area contributed by atoms with E-state index in [0.29, 0.717) is 23.9 Å². The molecule has 1 aromatic heterocycles. The van der Waals surface area contributed by atoms with Crippen LogP contribution in [-0.4, -0.2) is 17.8 Å². The van der Waals surface area contributed by atoms with Crippen LogP contribution in [0.25, 0.3) is 11.0 Å². The van der Waals surface area contributed by atoms with Gasteiger partial charge < -0.3 is 14.3 Å². The molecule has 0 unspecified atom stereocenters. The van der Waals surface area contributed by atoms with Gasteiger partial charge in [0.05, 0.1) is 12.7 Å². The molecule has 1 N–H and O–H groups in total. The number of rotatable bonds is 3. The van der Waals surface area contributed by atoms with Crippen molar-refractivity contribution in [2.24, 2.45) is 22.7 Å². The molecule has 0 amide bonds. The molecule has 2 aliphatic carbocycles. The lowest BCUT2D eigenvalue weighted by atomic mass is 9.47. The molecule has 4 heteroatoms. The summed E-state index contributed by atoms with van der Waals surface area (Å²) >= 11 is 0. The van der Waals surface area contributed by atoms with Crippen molar-refractivity contribution < 1.29 is 14.3 Å². The van der Waals surface area contributed by atoms with Crippen molar-refractivity contribution in [2.75, 3.05) is 6.61 Å². The van der Waals surface area contributed by atoms with E-state index in [1.165, 1.54) is 11.6 Å². The Morgan fingerprint density at radius 1 is 1.21 bits per heavy atom. The zero-order valence-electron chi connectivity index (χ0n) is 17.0. The summed E-state index contributed by atoms with van der Waals surface area (Å²) in [5, 5.41) is 11.5. The molecule has 0 bridgehead atoms. The maximum absolute atomic E-state index is 11.5. The van der Waals surface area contributed by atoms with Gasteiger partial charge in [0.25, 0.3) is 0 Å². The molecule has 2 aromatic rings. The predicted octanol–water partition coefficient (Wildman–Crippen LogP) is 4.94. The molecule has 4 atom stereocenters. The van der Waals surface area contributed by atoms with Crippen LogP contribution in [0.3, 0.4) is 0 Å². The molecule has 150 valence electrons. The topological polar surface area (TPSA) is 59.7 Å². The lowest BCUT2D eigenvalue weighted by Gasteiger charge is -2.59. The zero-order chi connectivity index (χ0) is 20.1. The monoisotopic (exact) mass is 382 g/mol. The van der Waals surface area contributed by atoms with Gasteiger partial charge in [0, 0.05) is 23.4 Å². The fourth-order valence-corrected chi connectivity index (χ4v) is 5.78. The number of ether oxygens (including phenoxy) is 1. The number of hydrogen-bond donors (Lipinski definition) is 1. The highest BCUT2D eigenvalue weighted by Crippen LogP contribution is 2.60. The summed E-state index contributed by atoms with van der Waals surface area (Å²) in [6.07, 6.45) is 3.63. The molecule has 2 saturated carbocycles. The summed E-state index contributed by atoms with van der Waals surface area (Å²) in [5.74, 6) is 1.39. The standard InChI is InChI=1S/C24H30O4/c1-15-5-9-20-23(2,3)21(25)11-12-24(20,4)18(15)14-27-17-8-6-16-7-10-22(26)28-19(16)13-17/h6-8,10,13,18,20-21,25H,1,5,9,11-12,14H2,2-4H3/t18-,20+,21-,24-/m1/s1. The molecule has 28 heavy (non-hydrogen) atoms. The van der Waals surface area contributed by atoms with Crippen molar-refractivity contribution in [3.8, 4) is 5.75 Å². The molecule has 0 aliphatic heterocycles. The summed E-state index contributed by atoms with van der Waals surface area (Å²) < 4.78 is 11.5. The van der Waals surface area contributed by atoms with Gasteiger partial charge >= 0.3 is 5.63 Å². The molecular weight excluding hydrogens is 352 g/mol. The first-order valence-corrected chi connectivity index (χ1v) is 10.2. The molecule has 2 aliphatic rings. The maximum atomic E-state index is 11.5. The fourth-order valence-electron chi connectivity index (χ4n) is 5.78. The Hall–Kier alpha value is -2.07. The van der Waals surface area contributed by atoms with Crippen LogP contribution in [0.4, 0.5) is 0 Å². The minimum atomic E-state index is -0.358. The van der Waals surface area contributed by atoms with E-state index in [-0.39, 0.29) is 28.5 Å². The maximum Gasteiger partial charge on any atom is 0.336 e. The van der Waals surface area contributed by atoms with Gasteiger partial charge in [-0.1, -0.05) is 32.9 Å². The van der Waals surface area contributed by atoms with Gasteiger partial charge in [-0.25, -0.2) is 4.79 Å². The van der Waals surface area contributed by atoms with Gasteiger partial charge in [-0.2, -0.15) is 0 Å². The average molecular weight is 383 g/mol. The van der Waals surface area contributed by atoms with E-state index in [1.807, 2.05) is 12.1 Å². The predicted molar refractivity (Wildman–Crippen MR) is 110 cm³/mol. The minimum absolute atomic E-state index is 0.0709. The Morgan fingerprint density at radius 2 is 1.96 bits per heavy atom. The summed E-state index contributed by atoms with van der Waals surface area (Å²) in [6.45, 7) is 11.7. The smallest absolute Gasteiger partial charge is 0.336 e. The number of hydrogen-bond acceptors (Lipinski definition) is 4. The van der Waals surface area contributed by atoms with Gasteiger partial charge in [-0.3, -0.25) is 0 Å². The van der Waals surface area contributed by atoms with E-state index >= 15 is 0 Å². The summed E-state index contributed by atoms with van der Waals surface area (Å²) in [6, 6.07) is 8.80. The van der Waals surface area contributed by atoms with Crippen molar-refractivity contribution in [3.63, 3.8) is 0 Å². The lowest BCUT2D eigenvalue weighted by molar-refractivity contribution is -0.128. The Labute approximate surface area is 166 Å². The first kappa shape index (κ1) is 19.3. The average Bonchev–Trinajstić information content (AvgIpc) is 2.64. The second-order valence-electron chi connectivity index (χ2n) is 9.45. The molecular formula is C24H30O4. The van der Waals surface area contributed by atoms with E-state index in [9.17, 15) is 9.90 Å². The first-order valence-electron chi connectivity index (χ1n) is 10.2. The first-order chi connectivity index (χ1) is 13.2. The van der Waals surface area contributed by atoms with Gasteiger partial charge in [0.1, 0.15) is 11.3 Å². The van der Waals surface area contributed by atoms with Crippen LogP contribution in [0.1, 0.15) is 46.5 Å². The van der Waals surface area contributed by atoms with Crippen LogP contribution in [0, 0.1) is 22.7 Å². The van der Waals surface area contributed by atoms with Crippen LogP contribution in [0.15, 0.2) is 51.7 Å². The molecule has 0 saturated heterocycles. The van der Waals surface area contributed by atoms with Crippen molar-refractivity contribution in [3.05, 3.63) is 52.9 Å². The lowest BCUT2D eigenvalue weighted by Crippen LogP contribution is -2.55. The molecule has 4 nitrogen and oxygen atoms in total. The van der Waals surface area contributed by atoms with Gasteiger partial charge in [-0.15, -0.1) is 0 Å². The van der Waals surface area contributed by atoms with Crippen molar-refractivity contribution in [1.82, 2.24) is 0 Å². The highest BCUT2D eigenvalue weighted by molar-refractivity contribution is 5.77. The summed E-state index contributed by atoms with van der Waals surface area (Å²) in [5.41, 5.74) is 1.40. The molecule has 4 rings (SSSR count). The van der Waals surface area contributed by atoms with Crippen molar-refractivity contribution >= 4 is 11.0 Å². The Morgan fingerprint density at radius 3 is 2.75 bits per heavy atom. The molecule has 1 aromatic carbocycles. The molecule has 0 radical (unpaired) electrons. The van der Waals surface area contributed by atoms with Gasteiger partial charge in [-0.05, 0) is 60.6 Å². The van der Waals surface area contributed by atoms with Crippen LogP contribution >= 0.6 is 0 Å². The van der Waals surface area contributed by atoms with Crippen LogP contribution in [-0.2, 0) is 0 Å². The van der Waals surface area contributed by atoms with E-state index < -0.39 is 0 Å². The van der Waals surface area contributed by atoms with E-state index in [2.05, 4.69) is 27.4 Å². The number of aliphatic hydroxyl groups excluding tert-OH is 1.